The van der Waals surface area contributed by atoms with E-state index in [1.807, 2.05) is 0 Å². The fourth-order valence-corrected chi connectivity index (χ4v) is 1.62. The fourth-order valence-electron chi connectivity index (χ4n) is 1.62. The summed E-state index contributed by atoms with van der Waals surface area (Å²) in [6.07, 6.45) is 5.65. The van der Waals surface area contributed by atoms with Gasteiger partial charge < -0.3 is 10.2 Å². The molecule has 0 saturated heterocycles. The summed E-state index contributed by atoms with van der Waals surface area (Å²) in [5, 5.41) is 3.57. The van der Waals surface area contributed by atoms with E-state index in [4.69, 9.17) is 0 Å². The minimum atomic E-state index is 0. The highest BCUT2D eigenvalue weighted by Crippen LogP contribution is 2.17. The Hall–Kier alpha value is 0.500. The van der Waals surface area contributed by atoms with Crippen LogP contribution in [0.4, 0.5) is 0 Å². The van der Waals surface area contributed by atoms with Gasteiger partial charge in [-0.3, -0.25) is 0 Å². The van der Waals surface area contributed by atoms with E-state index in [0.717, 1.165) is 19.1 Å². The molecule has 0 aromatic carbocycles. The fraction of sp³-hybridized carbons (Fsp3) is 1.00. The third-order valence-electron chi connectivity index (χ3n) is 2.35. The van der Waals surface area contributed by atoms with Gasteiger partial charge >= 0.3 is 0 Å². The summed E-state index contributed by atoms with van der Waals surface area (Å²) in [4.78, 5) is 2.22. The van der Waals surface area contributed by atoms with Crippen molar-refractivity contribution in [3.05, 3.63) is 0 Å². The van der Waals surface area contributed by atoms with Gasteiger partial charge in [0.25, 0.3) is 0 Å². The van der Waals surface area contributed by atoms with Crippen LogP contribution >= 0.6 is 24.8 Å². The van der Waals surface area contributed by atoms with Crippen LogP contribution in [0.25, 0.3) is 0 Å². The summed E-state index contributed by atoms with van der Waals surface area (Å²) in [6.45, 7) is 2.31. The van der Waals surface area contributed by atoms with Crippen molar-refractivity contribution in [1.82, 2.24) is 10.2 Å². The number of nitrogens with one attached hydrogen (secondary N) is 1. The predicted molar refractivity (Wildman–Crippen MR) is 63.3 cm³/mol. The molecular weight excluding hydrogens is 207 g/mol. The molecule has 0 aromatic heterocycles. The maximum atomic E-state index is 3.57. The summed E-state index contributed by atoms with van der Waals surface area (Å²) in [6, 6.07) is 0.829. The first kappa shape index (κ1) is 15.9. The van der Waals surface area contributed by atoms with Crippen molar-refractivity contribution in [2.45, 2.75) is 31.7 Å². The van der Waals surface area contributed by atoms with Crippen molar-refractivity contribution < 1.29 is 0 Å². The predicted octanol–water partition coefficient (Wildman–Crippen LogP) is 1.92. The molecule has 0 unspecified atom stereocenters. The third kappa shape index (κ3) is 7.56. The Morgan fingerprint density at radius 1 is 1.15 bits per heavy atom. The molecule has 1 saturated carbocycles. The van der Waals surface area contributed by atoms with E-state index in [-0.39, 0.29) is 24.8 Å². The van der Waals surface area contributed by atoms with Gasteiger partial charge in [-0.25, -0.2) is 0 Å². The van der Waals surface area contributed by atoms with Crippen LogP contribution in [0.3, 0.4) is 0 Å². The monoisotopic (exact) mass is 228 g/mol. The molecule has 0 radical (unpaired) electrons. The lowest BCUT2D eigenvalue weighted by molar-refractivity contribution is 0.383. The van der Waals surface area contributed by atoms with Crippen LogP contribution in [0, 0.1) is 0 Å². The van der Waals surface area contributed by atoms with Crippen molar-refractivity contribution in [3.63, 3.8) is 0 Å². The van der Waals surface area contributed by atoms with Crippen LogP contribution in [-0.4, -0.2) is 38.1 Å². The molecule has 0 atom stereocenters. The van der Waals surface area contributed by atoms with E-state index in [2.05, 4.69) is 24.3 Å². The Bertz CT molecular complexity index is 104. The molecule has 0 heterocycles. The van der Waals surface area contributed by atoms with Crippen molar-refractivity contribution in [1.29, 1.82) is 0 Å². The normalized spacial score (nSPS) is 16.8. The van der Waals surface area contributed by atoms with Crippen LogP contribution in [0.15, 0.2) is 0 Å². The van der Waals surface area contributed by atoms with E-state index >= 15 is 0 Å². The van der Waals surface area contributed by atoms with Gasteiger partial charge in [0.1, 0.15) is 0 Å². The second kappa shape index (κ2) is 9.07. The van der Waals surface area contributed by atoms with Crippen LogP contribution in [0.2, 0.25) is 0 Å². The maximum absolute atomic E-state index is 3.57. The molecule has 13 heavy (non-hydrogen) atoms. The van der Waals surface area contributed by atoms with Gasteiger partial charge in [-0.15, -0.1) is 24.8 Å². The molecule has 2 nitrogen and oxygen atoms in total. The molecule has 0 bridgehead atoms. The van der Waals surface area contributed by atoms with Gasteiger partial charge in [-0.2, -0.15) is 0 Å². The molecule has 0 amide bonds. The topological polar surface area (TPSA) is 15.3 Å². The number of rotatable bonds is 4. The van der Waals surface area contributed by atoms with Crippen molar-refractivity contribution in [2.75, 3.05) is 27.2 Å². The Morgan fingerprint density at radius 3 is 2.15 bits per heavy atom. The molecule has 0 aliphatic heterocycles. The Balaban J connectivity index is 0. The van der Waals surface area contributed by atoms with Crippen LogP contribution in [0.1, 0.15) is 25.7 Å². The highest BCUT2D eigenvalue weighted by molar-refractivity contribution is 5.85. The number of hydrogen-bond donors (Lipinski definition) is 1. The minimum Gasteiger partial charge on any atom is -0.313 e. The first-order valence-corrected chi connectivity index (χ1v) is 4.67. The molecule has 0 aromatic rings. The van der Waals surface area contributed by atoms with E-state index in [0.29, 0.717) is 0 Å². The highest BCUT2D eigenvalue weighted by Gasteiger charge is 2.12. The lowest BCUT2D eigenvalue weighted by atomic mass is 10.2. The Kier molecular flexibility index (Phi) is 11.1. The second-order valence-electron chi connectivity index (χ2n) is 3.74. The van der Waals surface area contributed by atoms with Gasteiger partial charge in [-0.05, 0) is 26.9 Å². The van der Waals surface area contributed by atoms with Crippen molar-refractivity contribution in [3.8, 4) is 0 Å². The standard InChI is InChI=1S/C9H20N2.2ClH/c1-11(2)8-7-10-9-5-3-4-6-9;;/h9-10H,3-8H2,1-2H3;2*1H. The van der Waals surface area contributed by atoms with Gasteiger partial charge in [0, 0.05) is 19.1 Å². The second-order valence-corrected chi connectivity index (χ2v) is 3.74. The molecular formula is C9H22Cl2N2. The molecule has 1 rings (SSSR count). The van der Waals surface area contributed by atoms with Crippen molar-refractivity contribution in [2.24, 2.45) is 0 Å². The molecule has 1 fully saturated rings. The first-order valence-electron chi connectivity index (χ1n) is 4.67. The van der Waals surface area contributed by atoms with E-state index < -0.39 is 0 Å². The Morgan fingerprint density at radius 2 is 1.69 bits per heavy atom. The largest absolute Gasteiger partial charge is 0.313 e. The van der Waals surface area contributed by atoms with E-state index in [1.165, 1.54) is 25.7 Å². The van der Waals surface area contributed by atoms with Crippen LogP contribution < -0.4 is 5.32 Å². The van der Waals surface area contributed by atoms with Gasteiger partial charge in [-0.1, -0.05) is 12.8 Å². The summed E-state index contributed by atoms with van der Waals surface area (Å²) in [7, 11) is 4.24. The smallest absolute Gasteiger partial charge is 0.0101 e. The number of nitrogens with zero attached hydrogens (tertiary/aromatic N) is 1. The van der Waals surface area contributed by atoms with Crippen LogP contribution in [-0.2, 0) is 0 Å². The summed E-state index contributed by atoms with van der Waals surface area (Å²) in [5.74, 6) is 0. The number of halogens is 2. The molecule has 4 heteroatoms. The third-order valence-corrected chi connectivity index (χ3v) is 2.35. The number of hydrogen-bond acceptors (Lipinski definition) is 2. The lowest BCUT2D eigenvalue weighted by Crippen LogP contribution is -2.32. The zero-order valence-electron chi connectivity index (χ0n) is 8.58. The van der Waals surface area contributed by atoms with Gasteiger partial charge in [0.15, 0.2) is 0 Å². The average molecular weight is 229 g/mol. The molecule has 1 N–H and O–H groups in total. The average Bonchev–Trinajstić information content (AvgIpc) is 2.39. The minimum absolute atomic E-state index is 0. The molecule has 82 valence electrons. The van der Waals surface area contributed by atoms with E-state index in [1.54, 1.807) is 0 Å². The van der Waals surface area contributed by atoms with E-state index in [9.17, 15) is 0 Å². The SMILES string of the molecule is CN(C)CCNC1CCCC1.Cl.Cl. The lowest BCUT2D eigenvalue weighted by Gasteiger charge is -2.14. The summed E-state index contributed by atoms with van der Waals surface area (Å²) >= 11 is 0. The summed E-state index contributed by atoms with van der Waals surface area (Å²) in [5.41, 5.74) is 0. The first-order chi connectivity index (χ1) is 5.29. The zero-order valence-corrected chi connectivity index (χ0v) is 10.2. The maximum Gasteiger partial charge on any atom is 0.0101 e. The molecule has 1 aliphatic carbocycles. The van der Waals surface area contributed by atoms with Gasteiger partial charge in [0.05, 0.1) is 0 Å². The number of likely N-dealkylation sites (N-methyl/N-ethyl adjacent to an activating group) is 1. The Labute approximate surface area is 94.3 Å². The highest BCUT2D eigenvalue weighted by atomic mass is 35.5. The zero-order chi connectivity index (χ0) is 8.10. The van der Waals surface area contributed by atoms with Crippen molar-refractivity contribution >= 4 is 24.8 Å². The van der Waals surface area contributed by atoms with Gasteiger partial charge in [0.2, 0.25) is 0 Å². The molecule has 0 spiro atoms. The van der Waals surface area contributed by atoms with Crippen LogP contribution in [0.5, 0.6) is 0 Å². The molecule has 1 aliphatic rings. The summed E-state index contributed by atoms with van der Waals surface area (Å²) < 4.78 is 0. The quantitative estimate of drug-likeness (QED) is 0.792.